The molecular weight excluding hydrogens is 312 g/mol. The Labute approximate surface area is 148 Å². The Kier molecular flexibility index (Phi) is 4.57. The maximum absolute atomic E-state index is 11.7. The van der Waals surface area contributed by atoms with Gasteiger partial charge in [0.25, 0.3) is 5.91 Å². The second-order valence-corrected chi connectivity index (χ2v) is 7.16. The molecule has 1 amide bonds. The number of hydrogen-bond acceptors (Lipinski definition) is 3. The lowest BCUT2D eigenvalue weighted by atomic mass is 10.0. The highest BCUT2D eigenvalue weighted by Gasteiger charge is 2.29. The van der Waals surface area contributed by atoms with Gasteiger partial charge in [-0.3, -0.25) is 9.69 Å². The number of nitrogens with zero attached hydrogens (tertiary/aromatic N) is 2. The Hall–Kier alpha value is -2.14. The summed E-state index contributed by atoms with van der Waals surface area (Å²) < 4.78 is 0. The molecule has 132 valence electrons. The number of hydrogen-bond donors (Lipinski definition) is 2. The molecule has 0 spiro atoms. The van der Waals surface area contributed by atoms with Crippen molar-refractivity contribution in [2.75, 3.05) is 13.6 Å². The number of carbonyl (C=O) groups excluding carboxylic acids is 1. The van der Waals surface area contributed by atoms with Crippen molar-refractivity contribution < 1.29 is 4.79 Å². The minimum absolute atomic E-state index is 0.0354. The SMILES string of the molecule is CNC(=O)c1ccc(CN2CCCC2c2nc3c([nH]2)CCCC3)cc1. The fourth-order valence-corrected chi connectivity index (χ4v) is 4.10. The quantitative estimate of drug-likeness (QED) is 0.901. The summed E-state index contributed by atoms with van der Waals surface area (Å²) in [6.45, 7) is 2.01. The fraction of sp³-hybridized carbons (Fsp3) is 0.500. The van der Waals surface area contributed by atoms with Crippen LogP contribution in [0.15, 0.2) is 24.3 Å². The van der Waals surface area contributed by atoms with E-state index in [9.17, 15) is 4.79 Å². The number of aromatic amines is 1. The molecule has 25 heavy (non-hydrogen) atoms. The van der Waals surface area contributed by atoms with Crippen LogP contribution in [0.4, 0.5) is 0 Å². The Morgan fingerprint density at radius 2 is 2.04 bits per heavy atom. The van der Waals surface area contributed by atoms with Crippen LogP contribution in [-0.2, 0) is 19.4 Å². The monoisotopic (exact) mass is 338 g/mol. The largest absolute Gasteiger partial charge is 0.355 e. The van der Waals surface area contributed by atoms with Gasteiger partial charge in [0.05, 0.1) is 11.7 Å². The van der Waals surface area contributed by atoms with Gasteiger partial charge < -0.3 is 10.3 Å². The summed E-state index contributed by atoms with van der Waals surface area (Å²) in [6.07, 6.45) is 7.20. The minimum Gasteiger partial charge on any atom is -0.355 e. The number of benzene rings is 1. The van der Waals surface area contributed by atoms with E-state index in [-0.39, 0.29) is 5.91 Å². The molecule has 5 heteroatoms. The number of carbonyl (C=O) groups is 1. The molecule has 2 N–H and O–H groups in total. The van der Waals surface area contributed by atoms with Crippen molar-refractivity contribution in [1.29, 1.82) is 0 Å². The number of aryl methyl sites for hydroxylation is 2. The highest BCUT2D eigenvalue weighted by atomic mass is 16.1. The number of rotatable bonds is 4. The van der Waals surface area contributed by atoms with Crippen LogP contribution < -0.4 is 5.32 Å². The molecule has 4 rings (SSSR count). The van der Waals surface area contributed by atoms with Crippen molar-refractivity contribution in [2.45, 2.75) is 51.1 Å². The van der Waals surface area contributed by atoms with E-state index >= 15 is 0 Å². The first-order chi connectivity index (χ1) is 12.2. The molecule has 2 heterocycles. The average Bonchev–Trinajstić information content (AvgIpc) is 3.27. The number of fused-ring (bicyclic) bond motifs is 1. The first-order valence-electron chi connectivity index (χ1n) is 9.37. The van der Waals surface area contributed by atoms with E-state index in [4.69, 9.17) is 4.98 Å². The molecule has 1 aromatic heterocycles. The second kappa shape index (κ2) is 7.00. The summed E-state index contributed by atoms with van der Waals surface area (Å²) in [5, 5.41) is 2.66. The van der Waals surface area contributed by atoms with Crippen molar-refractivity contribution >= 4 is 5.91 Å². The van der Waals surface area contributed by atoms with Crippen LogP contribution in [0.3, 0.4) is 0 Å². The number of H-pyrrole nitrogens is 1. The lowest BCUT2D eigenvalue weighted by Gasteiger charge is -2.23. The van der Waals surface area contributed by atoms with Gasteiger partial charge in [0, 0.05) is 24.8 Å². The van der Waals surface area contributed by atoms with Gasteiger partial charge in [0.1, 0.15) is 5.82 Å². The zero-order valence-electron chi connectivity index (χ0n) is 14.8. The molecule has 0 radical (unpaired) electrons. The number of amides is 1. The van der Waals surface area contributed by atoms with Crippen molar-refractivity contribution in [3.8, 4) is 0 Å². The highest BCUT2D eigenvalue weighted by Crippen LogP contribution is 2.33. The molecule has 1 atom stereocenters. The summed E-state index contributed by atoms with van der Waals surface area (Å²) in [5.74, 6) is 1.12. The maximum atomic E-state index is 11.7. The molecule has 2 aliphatic rings. The van der Waals surface area contributed by atoms with Gasteiger partial charge in [-0.2, -0.15) is 0 Å². The zero-order valence-corrected chi connectivity index (χ0v) is 14.8. The van der Waals surface area contributed by atoms with Crippen LogP contribution in [-0.4, -0.2) is 34.4 Å². The summed E-state index contributed by atoms with van der Waals surface area (Å²) in [7, 11) is 1.66. The zero-order chi connectivity index (χ0) is 17.2. The lowest BCUT2D eigenvalue weighted by molar-refractivity contribution is 0.0963. The van der Waals surface area contributed by atoms with E-state index in [1.165, 1.54) is 42.6 Å². The van der Waals surface area contributed by atoms with E-state index in [1.54, 1.807) is 7.05 Å². The second-order valence-electron chi connectivity index (χ2n) is 7.16. The molecule has 5 nitrogen and oxygen atoms in total. The van der Waals surface area contributed by atoms with Crippen LogP contribution in [0.1, 0.15) is 64.9 Å². The number of aromatic nitrogens is 2. The molecule has 1 aromatic carbocycles. The molecular formula is C20H26N4O. The molecule has 1 fully saturated rings. The van der Waals surface area contributed by atoms with Crippen molar-refractivity contribution in [2.24, 2.45) is 0 Å². The number of likely N-dealkylation sites (tertiary alicyclic amines) is 1. The average molecular weight is 338 g/mol. The summed E-state index contributed by atoms with van der Waals surface area (Å²) in [6, 6.07) is 8.33. The van der Waals surface area contributed by atoms with Gasteiger partial charge in [0.2, 0.25) is 0 Å². The van der Waals surface area contributed by atoms with E-state index in [0.29, 0.717) is 11.6 Å². The Morgan fingerprint density at radius 1 is 1.24 bits per heavy atom. The fourth-order valence-electron chi connectivity index (χ4n) is 4.10. The summed E-state index contributed by atoms with van der Waals surface area (Å²) in [5.41, 5.74) is 4.62. The smallest absolute Gasteiger partial charge is 0.251 e. The number of nitrogens with one attached hydrogen (secondary N) is 2. The Bertz CT molecular complexity index is 726. The van der Waals surface area contributed by atoms with E-state index in [2.05, 4.69) is 27.3 Å². The van der Waals surface area contributed by atoms with Crippen LogP contribution in [0.25, 0.3) is 0 Å². The normalized spacial score (nSPS) is 20.4. The van der Waals surface area contributed by atoms with Gasteiger partial charge in [-0.1, -0.05) is 12.1 Å². The molecule has 1 unspecified atom stereocenters. The molecule has 1 aliphatic heterocycles. The highest BCUT2D eigenvalue weighted by molar-refractivity contribution is 5.93. The van der Waals surface area contributed by atoms with E-state index < -0.39 is 0 Å². The van der Waals surface area contributed by atoms with Gasteiger partial charge in [-0.15, -0.1) is 0 Å². The van der Waals surface area contributed by atoms with Crippen LogP contribution in [0.2, 0.25) is 0 Å². The third-order valence-corrected chi connectivity index (χ3v) is 5.48. The molecule has 1 saturated heterocycles. The maximum Gasteiger partial charge on any atom is 0.251 e. The predicted octanol–water partition coefficient (Wildman–Crippen LogP) is 2.99. The third-order valence-electron chi connectivity index (χ3n) is 5.48. The lowest BCUT2D eigenvalue weighted by Crippen LogP contribution is -2.24. The third kappa shape index (κ3) is 3.33. The van der Waals surface area contributed by atoms with Crippen LogP contribution in [0, 0.1) is 0 Å². The topological polar surface area (TPSA) is 61.0 Å². The standard InChI is InChI=1S/C20H26N4O/c1-21-20(25)15-10-8-14(9-11-15)13-24-12-4-7-18(24)19-22-16-5-2-3-6-17(16)23-19/h8-11,18H,2-7,12-13H2,1H3,(H,21,25)(H,22,23). The van der Waals surface area contributed by atoms with Gasteiger partial charge in [0.15, 0.2) is 0 Å². The molecule has 2 aromatic rings. The molecule has 1 aliphatic carbocycles. The Balaban J connectivity index is 1.48. The first-order valence-corrected chi connectivity index (χ1v) is 9.37. The molecule has 0 bridgehead atoms. The van der Waals surface area contributed by atoms with Crippen LogP contribution >= 0.6 is 0 Å². The number of imidazole rings is 1. The molecule has 0 saturated carbocycles. The van der Waals surface area contributed by atoms with E-state index in [1.807, 2.05) is 12.1 Å². The van der Waals surface area contributed by atoms with Gasteiger partial charge in [-0.25, -0.2) is 4.98 Å². The first kappa shape index (κ1) is 16.3. The van der Waals surface area contributed by atoms with Crippen LogP contribution in [0.5, 0.6) is 0 Å². The van der Waals surface area contributed by atoms with Crippen molar-refractivity contribution in [1.82, 2.24) is 20.2 Å². The Morgan fingerprint density at radius 3 is 2.80 bits per heavy atom. The van der Waals surface area contributed by atoms with Crippen molar-refractivity contribution in [3.63, 3.8) is 0 Å². The minimum atomic E-state index is -0.0354. The predicted molar refractivity (Wildman–Crippen MR) is 97.4 cm³/mol. The van der Waals surface area contributed by atoms with Crippen molar-refractivity contribution in [3.05, 3.63) is 52.6 Å². The summed E-state index contributed by atoms with van der Waals surface area (Å²) in [4.78, 5) is 22.7. The van der Waals surface area contributed by atoms with E-state index in [0.717, 1.165) is 31.8 Å². The van der Waals surface area contributed by atoms with Gasteiger partial charge in [-0.05, 0) is 62.8 Å². The summed E-state index contributed by atoms with van der Waals surface area (Å²) >= 11 is 0. The van der Waals surface area contributed by atoms with Gasteiger partial charge >= 0.3 is 0 Å².